The molecule has 0 aliphatic carbocycles. The first-order valence-electron chi connectivity index (χ1n) is 7.57. The maximum Gasteiger partial charge on any atom is 0.335 e. The van der Waals surface area contributed by atoms with Crippen molar-refractivity contribution in [3.63, 3.8) is 0 Å². The van der Waals surface area contributed by atoms with Crippen LogP contribution in [-0.2, 0) is 11.2 Å². The fourth-order valence-corrected chi connectivity index (χ4v) is 2.07. The van der Waals surface area contributed by atoms with Gasteiger partial charge in [0.05, 0.1) is 24.3 Å². The van der Waals surface area contributed by atoms with Gasteiger partial charge < -0.3 is 20.3 Å². The molecule has 0 saturated heterocycles. The van der Waals surface area contributed by atoms with Gasteiger partial charge in [0.15, 0.2) is 0 Å². The van der Waals surface area contributed by atoms with E-state index in [4.69, 9.17) is 9.84 Å². The number of carbonyl (C=O) groups is 2. The van der Waals surface area contributed by atoms with Crippen molar-refractivity contribution in [3.05, 3.63) is 53.6 Å². The molecule has 2 aromatic rings. The molecule has 3 N–H and O–H groups in total. The van der Waals surface area contributed by atoms with Gasteiger partial charge in [0.25, 0.3) is 0 Å². The molecule has 2 aromatic carbocycles. The molecule has 6 heteroatoms. The van der Waals surface area contributed by atoms with Gasteiger partial charge in [0.2, 0.25) is 5.91 Å². The number of carboxylic acids is 1. The summed E-state index contributed by atoms with van der Waals surface area (Å²) >= 11 is 0. The molecule has 24 heavy (non-hydrogen) atoms. The molecule has 2 rings (SSSR count). The molecule has 0 unspecified atom stereocenters. The average Bonchev–Trinajstić information content (AvgIpc) is 2.57. The predicted octanol–water partition coefficient (Wildman–Crippen LogP) is 3.06. The number of carbonyl (C=O) groups excluding carboxylic acids is 1. The Morgan fingerprint density at radius 3 is 2.42 bits per heavy atom. The summed E-state index contributed by atoms with van der Waals surface area (Å²) in [6.07, 6.45) is 1.06. The molecule has 0 bridgehead atoms. The molecule has 0 aliphatic rings. The van der Waals surface area contributed by atoms with Crippen molar-refractivity contribution in [2.75, 3.05) is 11.9 Å². The number of aromatic carboxylic acids is 1. The Morgan fingerprint density at radius 1 is 1.12 bits per heavy atom. The van der Waals surface area contributed by atoms with Crippen molar-refractivity contribution < 1.29 is 24.5 Å². The lowest BCUT2D eigenvalue weighted by Gasteiger charge is -2.09. The Balaban J connectivity index is 1.83. The largest absolute Gasteiger partial charge is 0.506 e. The van der Waals surface area contributed by atoms with Crippen LogP contribution in [-0.4, -0.2) is 28.7 Å². The summed E-state index contributed by atoms with van der Waals surface area (Å²) in [5.41, 5.74) is 1.32. The van der Waals surface area contributed by atoms with Crippen LogP contribution in [0.3, 0.4) is 0 Å². The van der Waals surface area contributed by atoms with Crippen LogP contribution in [0.1, 0.15) is 29.3 Å². The fraction of sp³-hybridized carbons (Fsp3) is 0.222. The second-order valence-electron chi connectivity index (χ2n) is 5.18. The molecule has 0 aromatic heterocycles. The van der Waals surface area contributed by atoms with E-state index in [2.05, 4.69) is 12.2 Å². The van der Waals surface area contributed by atoms with Crippen LogP contribution in [0.2, 0.25) is 0 Å². The van der Waals surface area contributed by atoms with Gasteiger partial charge in [0.1, 0.15) is 11.5 Å². The number of carboxylic acid groups (broad SMARTS) is 1. The van der Waals surface area contributed by atoms with Crippen molar-refractivity contribution in [2.24, 2.45) is 0 Å². The van der Waals surface area contributed by atoms with Crippen LogP contribution in [0.4, 0.5) is 5.69 Å². The highest BCUT2D eigenvalue weighted by Gasteiger charge is 2.10. The van der Waals surface area contributed by atoms with Crippen LogP contribution in [0.5, 0.6) is 11.5 Å². The van der Waals surface area contributed by atoms with E-state index < -0.39 is 5.97 Å². The number of phenols is 1. The highest BCUT2D eigenvalue weighted by molar-refractivity contribution is 5.94. The van der Waals surface area contributed by atoms with Gasteiger partial charge in [-0.05, 0) is 42.3 Å². The Kier molecular flexibility index (Phi) is 5.78. The summed E-state index contributed by atoms with van der Waals surface area (Å²) < 4.78 is 5.49. The maximum atomic E-state index is 11.9. The minimum Gasteiger partial charge on any atom is -0.506 e. The SMILES string of the molecule is CCc1ccc(OCCC(=O)Nc2ccc(C(=O)O)cc2O)cc1. The van der Waals surface area contributed by atoms with Gasteiger partial charge in [-0.15, -0.1) is 0 Å². The number of anilines is 1. The number of ether oxygens (including phenoxy) is 1. The summed E-state index contributed by atoms with van der Waals surface area (Å²) in [7, 11) is 0. The lowest BCUT2D eigenvalue weighted by Crippen LogP contribution is -2.15. The molecule has 0 radical (unpaired) electrons. The molecule has 0 saturated carbocycles. The number of benzene rings is 2. The zero-order chi connectivity index (χ0) is 17.5. The summed E-state index contributed by atoms with van der Waals surface area (Å²) in [4.78, 5) is 22.6. The number of hydrogen-bond donors (Lipinski definition) is 3. The van der Waals surface area contributed by atoms with Crippen LogP contribution >= 0.6 is 0 Å². The third-order valence-electron chi connectivity index (χ3n) is 3.45. The first kappa shape index (κ1) is 17.3. The van der Waals surface area contributed by atoms with Gasteiger partial charge in [-0.1, -0.05) is 19.1 Å². The number of amides is 1. The van der Waals surface area contributed by atoms with E-state index in [0.29, 0.717) is 5.75 Å². The van der Waals surface area contributed by atoms with Crippen LogP contribution in [0.25, 0.3) is 0 Å². The van der Waals surface area contributed by atoms with E-state index in [9.17, 15) is 14.7 Å². The first-order valence-corrected chi connectivity index (χ1v) is 7.57. The van der Waals surface area contributed by atoms with Crippen molar-refractivity contribution >= 4 is 17.6 Å². The number of aryl methyl sites for hydroxylation is 1. The molecular formula is C18H19NO5. The zero-order valence-corrected chi connectivity index (χ0v) is 13.3. The first-order chi connectivity index (χ1) is 11.5. The third kappa shape index (κ3) is 4.74. The molecule has 126 valence electrons. The molecular weight excluding hydrogens is 310 g/mol. The molecule has 0 aliphatic heterocycles. The minimum absolute atomic E-state index is 0.0515. The maximum absolute atomic E-state index is 11.9. The molecule has 0 atom stereocenters. The third-order valence-corrected chi connectivity index (χ3v) is 3.45. The van der Waals surface area contributed by atoms with E-state index >= 15 is 0 Å². The Labute approximate surface area is 139 Å². The Bertz CT molecular complexity index is 725. The normalized spacial score (nSPS) is 10.2. The summed E-state index contributed by atoms with van der Waals surface area (Å²) in [5.74, 6) is -1.09. The smallest absolute Gasteiger partial charge is 0.335 e. The van der Waals surface area contributed by atoms with Crippen LogP contribution < -0.4 is 10.1 Å². The van der Waals surface area contributed by atoms with Crippen LogP contribution in [0.15, 0.2) is 42.5 Å². The topological polar surface area (TPSA) is 95.9 Å². The van der Waals surface area contributed by atoms with E-state index in [-0.39, 0.29) is 35.9 Å². The number of aromatic hydroxyl groups is 1. The minimum atomic E-state index is -1.15. The highest BCUT2D eigenvalue weighted by atomic mass is 16.5. The van der Waals surface area contributed by atoms with E-state index in [1.54, 1.807) is 0 Å². The quantitative estimate of drug-likeness (QED) is 0.679. The zero-order valence-electron chi connectivity index (χ0n) is 13.3. The summed E-state index contributed by atoms with van der Waals surface area (Å²) in [5, 5.41) is 21.1. The highest BCUT2D eigenvalue weighted by Crippen LogP contribution is 2.24. The Hall–Kier alpha value is -3.02. The van der Waals surface area contributed by atoms with Crippen molar-refractivity contribution in [2.45, 2.75) is 19.8 Å². The monoisotopic (exact) mass is 329 g/mol. The summed E-state index contributed by atoms with van der Waals surface area (Å²) in [6, 6.07) is 11.4. The second kappa shape index (κ2) is 8.01. The average molecular weight is 329 g/mol. The molecule has 0 fully saturated rings. The van der Waals surface area contributed by atoms with Gasteiger partial charge in [-0.25, -0.2) is 4.79 Å². The number of rotatable bonds is 7. The van der Waals surface area contributed by atoms with Gasteiger partial charge in [0, 0.05) is 0 Å². The van der Waals surface area contributed by atoms with Crippen molar-refractivity contribution in [1.82, 2.24) is 0 Å². The Morgan fingerprint density at radius 2 is 1.83 bits per heavy atom. The van der Waals surface area contributed by atoms with Gasteiger partial charge in [-0.2, -0.15) is 0 Å². The number of nitrogens with one attached hydrogen (secondary N) is 1. The lowest BCUT2D eigenvalue weighted by molar-refractivity contribution is -0.116. The second-order valence-corrected chi connectivity index (χ2v) is 5.18. The standard InChI is InChI=1S/C18H19NO5/c1-2-12-3-6-14(7-4-12)24-10-9-17(21)19-15-8-5-13(18(22)23)11-16(15)20/h3-8,11,20H,2,9-10H2,1H3,(H,19,21)(H,22,23). The summed E-state index contributed by atoms with van der Waals surface area (Å²) in [6.45, 7) is 2.27. The fourth-order valence-electron chi connectivity index (χ4n) is 2.07. The van der Waals surface area contributed by atoms with E-state index in [1.807, 2.05) is 24.3 Å². The van der Waals surface area contributed by atoms with Crippen molar-refractivity contribution in [3.8, 4) is 11.5 Å². The van der Waals surface area contributed by atoms with Crippen molar-refractivity contribution in [1.29, 1.82) is 0 Å². The predicted molar refractivity (Wildman–Crippen MR) is 89.6 cm³/mol. The molecule has 0 heterocycles. The number of phenolic OH excluding ortho intramolecular Hbond substituents is 1. The molecule has 0 spiro atoms. The molecule has 1 amide bonds. The molecule has 6 nitrogen and oxygen atoms in total. The lowest BCUT2D eigenvalue weighted by atomic mass is 10.2. The van der Waals surface area contributed by atoms with Crippen LogP contribution in [0, 0.1) is 0 Å². The van der Waals surface area contributed by atoms with E-state index in [0.717, 1.165) is 12.5 Å². The van der Waals surface area contributed by atoms with Gasteiger partial charge >= 0.3 is 5.97 Å². The van der Waals surface area contributed by atoms with Gasteiger partial charge in [-0.3, -0.25) is 4.79 Å². The number of hydrogen-bond acceptors (Lipinski definition) is 4. The van der Waals surface area contributed by atoms with E-state index in [1.165, 1.54) is 17.7 Å².